The van der Waals surface area contributed by atoms with E-state index in [0.717, 1.165) is 17.7 Å². The number of aryl methyl sites for hydroxylation is 1. The van der Waals surface area contributed by atoms with Gasteiger partial charge in [-0.2, -0.15) is 4.31 Å². The molecule has 2 aliphatic rings. The summed E-state index contributed by atoms with van der Waals surface area (Å²) in [6.45, 7) is 2.67. The SMILES string of the molecule is Cc1ccc(S(=O)(=O)N2CCCC3CCCCC32)s1. The smallest absolute Gasteiger partial charge is 0.206 e. The van der Waals surface area contributed by atoms with Crippen LogP contribution in [0.3, 0.4) is 0 Å². The zero-order chi connectivity index (χ0) is 13.5. The average Bonchev–Trinajstić information content (AvgIpc) is 2.85. The molecule has 1 aliphatic carbocycles. The summed E-state index contributed by atoms with van der Waals surface area (Å²) in [5.41, 5.74) is 0. The minimum atomic E-state index is -3.26. The van der Waals surface area contributed by atoms with Gasteiger partial charge in [-0.15, -0.1) is 11.3 Å². The van der Waals surface area contributed by atoms with Crippen molar-refractivity contribution < 1.29 is 8.42 Å². The van der Waals surface area contributed by atoms with Crippen molar-refractivity contribution in [2.75, 3.05) is 6.54 Å². The zero-order valence-corrected chi connectivity index (χ0v) is 13.0. The van der Waals surface area contributed by atoms with Crippen molar-refractivity contribution in [3.05, 3.63) is 17.0 Å². The second-order valence-electron chi connectivity index (χ2n) is 5.73. The lowest BCUT2D eigenvalue weighted by Crippen LogP contribution is -2.49. The van der Waals surface area contributed by atoms with Crippen LogP contribution in [0.4, 0.5) is 0 Å². The van der Waals surface area contributed by atoms with Crippen molar-refractivity contribution in [1.82, 2.24) is 4.31 Å². The Bertz CT molecular complexity index is 548. The highest BCUT2D eigenvalue weighted by atomic mass is 32.2. The van der Waals surface area contributed by atoms with Crippen LogP contribution in [0.15, 0.2) is 16.3 Å². The van der Waals surface area contributed by atoms with E-state index >= 15 is 0 Å². The molecule has 5 heteroatoms. The Hall–Kier alpha value is -0.390. The normalized spacial score (nSPS) is 29.1. The average molecular weight is 299 g/mol. The molecule has 3 nitrogen and oxygen atoms in total. The van der Waals surface area contributed by atoms with Gasteiger partial charge in [0.15, 0.2) is 0 Å². The van der Waals surface area contributed by atoms with Crippen LogP contribution in [0, 0.1) is 12.8 Å². The van der Waals surface area contributed by atoms with E-state index in [1.807, 2.05) is 17.3 Å². The molecule has 0 aromatic carbocycles. The lowest BCUT2D eigenvalue weighted by molar-refractivity contribution is 0.129. The molecule has 2 unspecified atom stereocenters. The Kier molecular flexibility index (Phi) is 3.71. The summed E-state index contributed by atoms with van der Waals surface area (Å²) in [6.07, 6.45) is 6.93. The fourth-order valence-electron chi connectivity index (χ4n) is 3.54. The van der Waals surface area contributed by atoms with Gasteiger partial charge in [-0.3, -0.25) is 0 Å². The molecular weight excluding hydrogens is 278 g/mol. The second kappa shape index (κ2) is 5.19. The molecule has 1 saturated carbocycles. The number of rotatable bonds is 2. The highest BCUT2D eigenvalue weighted by Crippen LogP contribution is 2.38. The number of nitrogens with zero attached hydrogens (tertiary/aromatic N) is 1. The molecule has 2 fully saturated rings. The maximum Gasteiger partial charge on any atom is 0.252 e. The van der Waals surface area contributed by atoms with E-state index in [-0.39, 0.29) is 6.04 Å². The number of fused-ring (bicyclic) bond motifs is 1. The Balaban J connectivity index is 1.91. The predicted octanol–water partition coefficient (Wildman–Crippen LogP) is 3.40. The van der Waals surface area contributed by atoms with Crippen LogP contribution in [-0.2, 0) is 10.0 Å². The van der Waals surface area contributed by atoms with Crippen molar-refractivity contribution in [2.45, 2.75) is 55.7 Å². The summed E-state index contributed by atoms with van der Waals surface area (Å²) in [4.78, 5) is 1.07. The Morgan fingerprint density at radius 2 is 1.89 bits per heavy atom. The van der Waals surface area contributed by atoms with E-state index in [2.05, 4.69) is 0 Å². The molecule has 0 amide bonds. The molecule has 0 radical (unpaired) electrons. The molecule has 1 aliphatic heterocycles. The predicted molar refractivity (Wildman–Crippen MR) is 77.9 cm³/mol. The van der Waals surface area contributed by atoms with E-state index in [4.69, 9.17) is 0 Å². The molecule has 2 heterocycles. The van der Waals surface area contributed by atoms with Crippen molar-refractivity contribution in [1.29, 1.82) is 0 Å². The van der Waals surface area contributed by atoms with E-state index in [1.165, 1.54) is 37.0 Å². The zero-order valence-electron chi connectivity index (χ0n) is 11.3. The molecule has 2 atom stereocenters. The lowest BCUT2D eigenvalue weighted by Gasteiger charge is -2.42. The van der Waals surface area contributed by atoms with E-state index < -0.39 is 10.0 Å². The minimum absolute atomic E-state index is 0.259. The first-order valence-electron chi connectivity index (χ1n) is 7.17. The Morgan fingerprint density at radius 1 is 1.16 bits per heavy atom. The van der Waals surface area contributed by atoms with Crippen molar-refractivity contribution in [2.24, 2.45) is 5.92 Å². The van der Waals surface area contributed by atoms with Crippen LogP contribution in [0.1, 0.15) is 43.4 Å². The minimum Gasteiger partial charge on any atom is -0.206 e. The summed E-state index contributed by atoms with van der Waals surface area (Å²) in [5.74, 6) is 0.596. The van der Waals surface area contributed by atoms with Crippen LogP contribution in [0.5, 0.6) is 0 Å². The Morgan fingerprint density at radius 3 is 2.63 bits per heavy atom. The third-order valence-electron chi connectivity index (χ3n) is 4.47. The summed E-state index contributed by atoms with van der Waals surface area (Å²) >= 11 is 1.40. The first-order chi connectivity index (χ1) is 9.09. The maximum atomic E-state index is 12.8. The van der Waals surface area contributed by atoms with Gasteiger partial charge in [0.05, 0.1) is 0 Å². The molecule has 3 rings (SSSR count). The molecule has 0 spiro atoms. The van der Waals surface area contributed by atoms with Crippen molar-refractivity contribution in [3.8, 4) is 0 Å². The summed E-state index contributed by atoms with van der Waals surface area (Å²) < 4.78 is 27.9. The quantitative estimate of drug-likeness (QED) is 0.839. The van der Waals surface area contributed by atoms with Gasteiger partial charge in [-0.25, -0.2) is 8.42 Å². The molecule has 0 bridgehead atoms. The first kappa shape index (κ1) is 13.6. The van der Waals surface area contributed by atoms with Crippen LogP contribution in [-0.4, -0.2) is 25.3 Å². The molecule has 1 saturated heterocycles. The first-order valence-corrected chi connectivity index (χ1v) is 9.43. The van der Waals surface area contributed by atoms with Crippen LogP contribution < -0.4 is 0 Å². The largest absolute Gasteiger partial charge is 0.252 e. The van der Waals surface area contributed by atoms with Gasteiger partial charge in [0, 0.05) is 17.5 Å². The van der Waals surface area contributed by atoms with Gasteiger partial charge >= 0.3 is 0 Å². The van der Waals surface area contributed by atoms with Gasteiger partial charge in [0.25, 0.3) is 10.0 Å². The molecule has 1 aromatic heterocycles. The van der Waals surface area contributed by atoms with Gasteiger partial charge in [-0.1, -0.05) is 12.8 Å². The molecule has 106 valence electrons. The number of sulfonamides is 1. The number of hydrogen-bond donors (Lipinski definition) is 0. The standard InChI is InChI=1S/C14H21NO2S2/c1-11-8-9-14(18-11)19(16,17)15-10-4-6-12-5-2-3-7-13(12)15/h8-9,12-13H,2-7,10H2,1H3. The van der Waals surface area contributed by atoms with E-state index in [0.29, 0.717) is 16.7 Å². The fourth-order valence-corrected chi connectivity index (χ4v) is 6.71. The highest BCUT2D eigenvalue weighted by Gasteiger charge is 2.40. The molecule has 1 aromatic rings. The summed E-state index contributed by atoms with van der Waals surface area (Å²) in [5, 5.41) is 0. The van der Waals surface area contributed by atoms with Gasteiger partial charge in [-0.05, 0) is 50.7 Å². The van der Waals surface area contributed by atoms with Crippen LogP contribution >= 0.6 is 11.3 Å². The lowest BCUT2D eigenvalue weighted by atomic mass is 9.79. The van der Waals surface area contributed by atoms with E-state index in [1.54, 1.807) is 6.07 Å². The number of thiophene rings is 1. The van der Waals surface area contributed by atoms with Gasteiger partial charge in [0.1, 0.15) is 4.21 Å². The topological polar surface area (TPSA) is 37.4 Å². The van der Waals surface area contributed by atoms with Crippen LogP contribution in [0.25, 0.3) is 0 Å². The monoisotopic (exact) mass is 299 g/mol. The number of hydrogen-bond acceptors (Lipinski definition) is 3. The fraction of sp³-hybridized carbons (Fsp3) is 0.714. The van der Waals surface area contributed by atoms with Gasteiger partial charge in [0.2, 0.25) is 0 Å². The van der Waals surface area contributed by atoms with Crippen molar-refractivity contribution in [3.63, 3.8) is 0 Å². The number of piperidine rings is 1. The van der Waals surface area contributed by atoms with Crippen molar-refractivity contribution >= 4 is 21.4 Å². The summed E-state index contributed by atoms with van der Waals surface area (Å²) in [7, 11) is -3.26. The highest BCUT2D eigenvalue weighted by molar-refractivity contribution is 7.91. The summed E-state index contributed by atoms with van der Waals surface area (Å²) in [6, 6.07) is 3.93. The maximum absolute atomic E-state index is 12.8. The Labute approximate surface area is 119 Å². The van der Waals surface area contributed by atoms with Crippen LogP contribution in [0.2, 0.25) is 0 Å². The second-order valence-corrected chi connectivity index (χ2v) is 9.14. The van der Waals surface area contributed by atoms with Gasteiger partial charge < -0.3 is 0 Å². The molecule has 0 N–H and O–H groups in total. The third kappa shape index (κ3) is 2.48. The molecular formula is C14H21NO2S2. The van der Waals surface area contributed by atoms with E-state index in [9.17, 15) is 8.42 Å². The third-order valence-corrected chi connectivity index (χ3v) is 7.86. The molecule has 19 heavy (non-hydrogen) atoms.